The smallest absolute Gasteiger partial charge is 0.290 e. The van der Waals surface area contributed by atoms with E-state index in [2.05, 4.69) is 0 Å². The summed E-state index contributed by atoms with van der Waals surface area (Å²) < 4.78 is 17.5. The Bertz CT molecular complexity index is 1220. The molecule has 0 saturated carbocycles. The first-order valence-corrected chi connectivity index (χ1v) is 10.9. The Balaban J connectivity index is 1.91. The third kappa shape index (κ3) is 3.73. The van der Waals surface area contributed by atoms with Gasteiger partial charge in [0.2, 0.25) is 5.76 Å². The Hall–Kier alpha value is -3.32. The topological polar surface area (TPSA) is 89.2 Å². The quantitative estimate of drug-likeness (QED) is 0.576. The third-order valence-electron chi connectivity index (χ3n) is 5.51. The number of aliphatic hydroxyl groups excluding tert-OH is 1. The highest BCUT2D eigenvalue weighted by Crippen LogP contribution is 2.41. The van der Waals surface area contributed by atoms with Gasteiger partial charge in [0.1, 0.15) is 5.58 Å². The fourth-order valence-corrected chi connectivity index (χ4v) is 4.11. The summed E-state index contributed by atoms with van der Waals surface area (Å²) in [5, 5.41) is 10.0. The Labute approximate surface area is 186 Å². The molecule has 7 heteroatoms. The standard InChI is InChI=1S/C25H27NO6/c1-4-12-31-19-9-7-16(14-20(19)30-5-2)22-21-23(28)17-13-15(3)6-8-18(17)32-24(21)25(29)26(22)10-11-27/h6-9,13-14,22,27H,4-5,10-12H2,1-3H3. The summed E-state index contributed by atoms with van der Waals surface area (Å²) in [5.74, 6) is 0.762. The van der Waals surface area contributed by atoms with Crippen molar-refractivity contribution < 1.29 is 23.8 Å². The molecule has 1 atom stereocenters. The van der Waals surface area contributed by atoms with Crippen molar-refractivity contribution in [3.05, 3.63) is 69.1 Å². The van der Waals surface area contributed by atoms with Crippen LogP contribution in [0.5, 0.6) is 11.5 Å². The maximum atomic E-state index is 13.5. The number of carbonyl (C=O) groups excluding carboxylic acids is 1. The van der Waals surface area contributed by atoms with Crippen LogP contribution in [0.25, 0.3) is 11.0 Å². The van der Waals surface area contributed by atoms with E-state index in [-0.39, 0.29) is 29.9 Å². The summed E-state index contributed by atoms with van der Waals surface area (Å²) in [5.41, 5.74) is 2.03. The van der Waals surface area contributed by atoms with Crippen LogP contribution in [-0.4, -0.2) is 42.3 Å². The number of aliphatic hydroxyl groups is 1. The molecule has 2 aromatic carbocycles. The molecule has 1 aromatic heterocycles. The average molecular weight is 437 g/mol. The van der Waals surface area contributed by atoms with Crippen molar-refractivity contribution >= 4 is 16.9 Å². The van der Waals surface area contributed by atoms with E-state index < -0.39 is 11.9 Å². The minimum Gasteiger partial charge on any atom is -0.490 e. The first-order valence-electron chi connectivity index (χ1n) is 10.9. The van der Waals surface area contributed by atoms with Gasteiger partial charge in [-0.3, -0.25) is 9.59 Å². The molecule has 1 unspecified atom stereocenters. The number of nitrogens with zero attached hydrogens (tertiary/aromatic N) is 1. The van der Waals surface area contributed by atoms with Crippen LogP contribution in [0.4, 0.5) is 0 Å². The summed E-state index contributed by atoms with van der Waals surface area (Å²) in [4.78, 5) is 28.2. The van der Waals surface area contributed by atoms with Crippen LogP contribution in [0.3, 0.4) is 0 Å². The van der Waals surface area contributed by atoms with E-state index in [0.29, 0.717) is 41.2 Å². The van der Waals surface area contributed by atoms with Gasteiger partial charge in [0.25, 0.3) is 5.91 Å². The van der Waals surface area contributed by atoms with Crippen molar-refractivity contribution in [1.29, 1.82) is 0 Å². The lowest BCUT2D eigenvalue weighted by molar-refractivity contribution is 0.0691. The third-order valence-corrected chi connectivity index (χ3v) is 5.51. The average Bonchev–Trinajstić information content (AvgIpc) is 3.06. The second-order valence-corrected chi connectivity index (χ2v) is 7.79. The van der Waals surface area contributed by atoms with Crippen LogP contribution in [-0.2, 0) is 0 Å². The number of rotatable bonds is 8. The predicted molar refractivity (Wildman–Crippen MR) is 121 cm³/mol. The van der Waals surface area contributed by atoms with Crippen molar-refractivity contribution in [2.75, 3.05) is 26.4 Å². The maximum Gasteiger partial charge on any atom is 0.290 e. The van der Waals surface area contributed by atoms with E-state index in [1.165, 1.54) is 4.90 Å². The fraction of sp³-hybridized carbons (Fsp3) is 0.360. The van der Waals surface area contributed by atoms with Crippen molar-refractivity contribution in [2.45, 2.75) is 33.2 Å². The van der Waals surface area contributed by atoms with Gasteiger partial charge in [0, 0.05) is 6.54 Å². The maximum absolute atomic E-state index is 13.5. The Morgan fingerprint density at radius 1 is 1.06 bits per heavy atom. The van der Waals surface area contributed by atoms with Gasteiger partial charge in [-0.05, 0) is 50.1 Å². The van der Waals surface area contributed by atoms with E-state index in [0.717, 1.165) is 12.0 Å². The van der Waals surface area contributed by atoms with Gasteiger partial charge in [-0.15, -0.1) is 0 Å². The van der Waals surface area contributed by atoms with E-state index in [1.807, 2.05) is 32.9 Å². The molecule has 1 N–H and O–H groups in total. The molecule has 0 spiro atoms. The molecular weight excluding hydrogens is 410 g/mol. The molecule has 1 aliphatic rings. The molecule has 0 radical (unpaired) electrons. The summed E-state index contributed by atoms with van der Waals surface area (Å²) in [6.07, 6.45) is 0.857. The summed E-state index contributed by atoms with van der Waals surface area (Å²) >= 11 is 0. The van der Waals surface area contributed by atoms with Gasteiger partial charge in [-0.25, -0.2) is 0 Å². The van der Waals surface area contributed by atoms with Gasteiger partial charge >= 0.3 is 0 Å². The second-order valence-electron chi connectivity index (χ2n) is 7.79. The molecule has 168 valence electrons. The number of hydrogen-bond acceptors (Lipinski definition) is 6. The van der Waals surface area contributed by atoms with E-state index in [1.54, 1.807) is 24.3 Å². The normalized spacial score (nSPS) is 15.3. The van der Waals surface area contributed by atoms with Gasteiger partial charge < -0.3 is 23.9 Å². The van der Waals surface area contributed by atoms with Crippen LogP contribution < -0.4 is 14.9 Å². The number of benzene rings is 2. The van der Waals surface area contributed by atoms with E-state index in [4.69, 9.17) is 13.9 Å². The number of hydrogen-bond donors (Lipinski definition) is 1. The number of carbonyl (C=O) groups is 1. The molecular formula is C25H27NO6. The summed E-state index contributed by atoms with van der Waals surface area (Å²) in [7, 11) is 0. The van der Waals surface area contributed by atoms with Crippen molar-refractivity contribution in [2.24, 2.45) is 0 Å². The van der Waals surface area contributed by atoms with Crippen LogP contribution >= 0.6 is 0 Å². The molecule has 0 fully saturated rings. The molecule has 1 amide bonds. The van der Waals surface area contributed by atoms with Crippen LogP contribution in [0, 0.1) is 6.92 Å². The first kappa shape index (κ1) is 21.9. The van der Waals surface area contributed by atoms with Crippen LogP contribution in [0.15, 0.2) is 45.6 Å². The first-order chi connectivity index (χ1) is 15.5. The van der Waals surface area contributed by atoms with E-state index >= 15 is 0 Å². The highest BCUT2D eigenvalue weighted by Gasteiger charge is 2.42. The molecule has 4 rings (SSSR count). The lowest BCUT2D eigenvalue weighted by atomic mass is 9.97. The number of aryl methyl sites for hydroxylation is 1. The Kier molecular flexibility index (Phi) is 6.19. The van der Waals surface area contributed by atoms with Crippen molar-refractivity contribution in [1.82, 2.24) is 4.90 Å². The zero-order chi connectivity index (χ0) is 22.8. The van der Waals surface area contributed by atoms with Crippen molar-refractivity contribution in [3.8, 4) is 11.5 Å². The molecule has 0 aliphatic carbocycles. The zero-order valence-corrected chi connectivity index (χ0v) is 18.5. The monoisotopic (exact) mass is 437 g/mol. The SMILES string of the molecule is CCCOc1ccc(C2c3c(oc4ccc(C)cc4c3=O)C(=O)N2CCO)cc1OCC. The van der Waals surface area contributed by atoms with Gasteiger partial charge in [-0.2, -0.15) is 0 Å². The van der Waals surface area contributed by atoms with Gasteiger partial charge in [-0.1, -0.05) is 24.6 Å². The highest BCUT2D eigenvalue weighted by molar-refractivity contribution is 5.99. The molecule has 7 nitrogen and oxygen atoms in total. The van der Waals surface area contributed by atoms with Crippen LogP contribution in [0.2, 0.25) is 0 Å². The van der Waals surface area contributed by atoms with E-state index in [9.17, 15) is 14.7 Å². The Morgan fingerprint density at radius 2 is 1.88 bits per heavy atom. The molecule has 2 heterocycles. The summed E-state index contributed by atoms with van der Waals surface area (Å²) in [6.45, 7) is 6.63. The molecule has 32 heavy (non-hydrogen) atoms. The minimum atomic E-state index is -0.690. The lowest BCUT2D eigenvalue weighted by Gasteiger charge is -2.25. The molecule has 0 bridgehead atoms. The Morgan fingerprint density at radius 3 is 2.59 bits per heavy atom. The lowest BCUT2D eigenvalue weighted by Crippen LogP contribution is -2.32. The second kappa shape index (κ2) is 9.04. The zero-order valence-electron chi connectivity index (χ0n) is 18.5. The van der Waals surface area contributed by atoms with Crippen LogP contribution in [0.1, 0.15) is 53.6 Å². The molecule has 0 saturated heterocycles. The molecule has 1 aliphatic heterocycles. The minimum absolute atomic E-state index is 0.0223. The van der Waals surface area contributed by atoms with Gasteiger partial charge in [0.15, 0.2) is 16.9 Å². The number of fused-ring (bicyclic) bond motifs is 2. The van der Waals surface area contributed by atoms with Crippen molar-refractivity contribution in [3.63, 3.8) is 0 Å². The molecule has 3 aromatic rings. The largest absolute Gasteiger partial charge is 0.490 e. The predicted octanol–water partition coefficient (Wildman–Crippen LogP) is 3.83. The van der Waals surface area contributed by atoms with Gasteiger partial charge in [0.05, 0.1) is 36.8 Å². The highest BCUT2D eigenvalue weighted by atomic mass is 16.5. The summed E-state index contributed by atoms with van der Waals surface area (Å²) in [6, 6.07) is 10.0. The fourth-order valence-electron chi connectivity index (χ4n) is 4.11. The number of ether oxygens (including phenoxy) is 2. The number of β-amino-alcohol motifs (C(OH)–C–C–N with tert-alkyl or cyclic N) is 1. The number of amides is 1.